The molecule has 0 spiro atoms. The van der Waals surface area contributed by atoms with E-state index in [9.17, 15) is 0 Å². The highest BCUT2D eigenvalue weighted by Crippen LogP contribution is 2.40. The molecule has 1 aromatic rings. The van der Waals surface area contributed by atoms with Gasteiger partial charge >= 0.3 is 0 Å². The quantitative estimate of drug-likeness (QED) is 0.761. The van der Waals surface area contributed by atoms with Crippen molar-refractivity contribution >= 4 is 11.6 Å². The molecule has 0 bridgehead atoms. The largest absolute Gasteiger partial charge is 0.493 e. The second-order valence-corrected chi connectivity index (χ2v) is 6.18. The molecule has 21 heavy (non-hydrogen) atoms. The van der Waals surface area contributed by atoms with Gasteiger partial charge in [-0.25, -0.2) is 0 Å². The van der Waals surface area contributed by atoms with Gasteiger partial charge in [0.05, 0.1) is 14.2 Å². The van der Waals surface area contributed by atoms with Crippen molar-refractivity contribution in [3.63, 3.8) is 0 Å². The summed E-state index contributed by atoms with van der Waals surface area (Å²) in [6, 6.07) is 4.17. The molecule has 0 aliphatic heterocycles. The summed E-state index contributed by atoms with van der Waals surface area (Å²) in [6.07, 6.45) is 6.32. The van der Waals surface area contributed by atoms with Crippen LogP contribution < -0.4 is 14.8 Å². The minimum Gasteiger partial charge on any atom is -0.493 e. The van der Waals surface area contributed by atoms with E-state index in [4.69, 9.17) is 21.1 Å². The lowest BCUT2D eigenvalue weighted by Crippen LogP contribution is -2.27. The van der Waals surface area contributed by atoms with Crippen molar-refractivity contribution in [1.29, 1.82) is 0 Å². The van der Waals surface area contributed by atoms with Crippen molar-refractivity contribution in [1.82, 2.24) is 5.32 Å². The molecule has 0 aromatic heterocycles. The molecule has 0 amide bonds. The summed E-state index contributed by atoms with van der Waals surface area (Å²) in [5.41, 5.74) is 1.12. The Hall–Kier alpha value is -0.930. The van der Waals surface area contributed by atoms with Crippen LogP contribution in [0.15, 0.2) is 12.1 Å². The summed E-state index contributed by atoms with van der Waals surface area (Å²) >= 11 is 6.48. The van der Waals surface area contributed by atoms with Crippen molar-refractivity contribution in [2.24, 2.45) is 5.92 Å². The summed E-state index contributed by atoms with van der Waals surface area (Å²) in [7, 11) is 3.30. The van der Waals surface area contributed by atoms with Crippen LogP contribution in [0.4, 0.5) is 0 Å². The predicted molar refractivity (Wildman–Crippen MR) is 87.5 cm³/mol. The first-order valence-corrected chi connectivity index (χ1v) is 8.22. The van der Waals surface area contributed by atoms with Gasteiger partial charge in [0.1, 0.15) is 0 Å². The normalized spacial score (nSPS) is 16.4. The second-order valence-electron chi connectivity index (χ2n) is 5.77. The fraction of sp³-hybridized carbons (Fsp3) is 0.647. The van der Waals surface area contributed by atoms with Crippen molar-refractivity contribution < 1.29 is 9.47 Å². The van der Waals surface area contributed by atoms with Crippen molar-refractivity contribution in [2.45, 2.75) is 45.1 Å². The van der Waals surface area contributed by atoms with Crippen LogP contribution in [-0.4, -0.2) is 20.8 Å². The van der Waals surface area contributed by atoms with Crippen LogP contribution in [-0.2, 0) is 0 Å². The Morgan fingerprint density at radius 2 is 1.90 bits per heavy atom. The van der Waals surface area contributed by atoms with E-state index in [0.717, 1.165) is 41.6 Å². The van der Waals surface area contributed by atoms with E-state index in [2.05, 4.69) is 12.2 Å². The molecule has 4 heteroatoms. The standard InChI is InChI=1S/C17H26ClNO2/c1-4-8-19-15(9-12-6-5-7-12)13-10-16(20-2)17(21-3)11-14(13)18/h10-12,15,19H,4-9H2,1-3H3. The minimum atomic E-state index is 0.294. The zero-order valence-electron chi connectivity index (χ0n) is 13.2. The molecular weight excluding hydrogens is 286 g/mol. The van der Waals surface area contributed by atoms with Gasteiger partial charge in [-0.3, -0.25) is 0 Å². The van der Waals surface area contributed by atoms with E-state index >= 15 is 0 Å². The summed E-state index contributed by atoms with van der Waals surface area (Å²) in [6.45, 7) is 3.19. The van der Waals surface area contributed by atoms with Gasteiger partial charge in [-0.05, 0) is 36.9 Å². The first-order valence-electron chi connectivity index (χ1n) is 7.84. The molecule has 0 saturated heterocycles. The minimum absolute atomic E-state index is 0.294. The Labute approximate surface area is 133 Å². The fourth-order valence-corrected chi connectivity index (χ4v) is 3.12. The third kappa shape index (κ3) is 4.04. The molecule has 0 radical (unpaired) electrons. The Balaban J connectivity index is 2.23. The van der Waals surface area contributed by atoms with E-state index in [1.54, 1.807) is 14.2 Å². The molecule has 1 aromatic carbocycles. The maximum Gasteiger partial charge on any atom is 0.162 e. The first-order chi connectivity index (χ1) is 10.2. The average molecular weight is 312 g/mol. The summed E-state index contributed by atoms with van der Waals surface area (Å²) in [4.78, 5) is 0. The lowest BCUT2D eigenvalue weighted by Gasteiger charge is -2.31. The van der Waals surface area contributed by atoms with Gasteiger partial charge in [-0.2, -0.15) is 0 Å². The van der Waals surface area contributed by atoms with E-state index in [0.29, 0.717) is 11.8 Å². The highest BCUT2D eigenvalue weighted by Gasteiger charge is 2.25. The van der Waals surface area contributed by atoms with Crippen LogP contribution >= 0.6 is 11.6 Å². The molecule has 1 aliphatic rings. The smallest absolute Gasteiger partial charge is 0.162 e. The summed E-state index contributed by atoms with van der Waals surface area (Å²) < 4.78 is 10.7. The number of halogens is 1. The van der Waals surface area contributed by atoms with Gasteiger partial charge < -0.3 is 14.8 Å². The molecule has 3 nitrogen and oxygen atoms in total. The number of benzene rings is 1. The molecule has 1 unspecified atom stereocenters. The lowest BCUT2D eigenvalue weighted by atomic mass is 9.79. The van der Waals surface area contributed by atoms with E-state index in [-0.39, 0.29) is 0 Å². The van der Waals surface area contributed by atoms with Gasteiger partial charge in [-0.1, -0.05) is 37.8 Å². The van der Waals surface area contributed by atoms with Crippen LogP contribution in [0.1, 0.15) is 50.6 Å². The maximum absolute atomic E-state index is 6.48. The number of ether oxygens (including phenoxy) is 2. The zero-order chi connectivity index (χ0) is 15.2. The van der Waals surface area contributed by atoms with Crippen molar-refractivity contribution in [2.75, 3.05) is 20.8 Å². The Bertz CT molecular complexity index is 460. The van der Waals surface area contributed by atoms with Gasteiger partial charge in [0.2, 0.25) is 0 Å². The second kappa shape index (κ2) is 7.90. The van der Waals surface area contributed by atoms with Gasteiger partial charge in [0.25, 0.3) is 0 Å². The molecule has 1 atom stereocenters. The molecule has 1 saturated carbocycles. The molecular formula is C17H26ClNO2. The average Bonchev–Trinajstić information content (AvgIpc) is 2.45. The molecule has 1 fully saturated rings. The van der Waals surface area contributed by atoms with Crippen LogP contribution in [0.2, 0.25) is 5.02 Å². The number of hydrogen-bond donors (Lipinski definition) is 1. The van der Waals surface area contributed by atoms with Crippen LogP contribution in [0.25, 0.3) is 0 Å². The van der Waals surface area contributed by atoms with Crippen LogP contribution in [0, 0.1) is 5.92 Å². The Morgan fingerprint density at radius 1 is 1.24 bits per heavy atom. The highest BCUT2D eigenvalue weighted by atomic mass is 35.5. The molecule has 1 aliphatic carbocycles. The van der Waals surface area contributed by atoms with Gasteiger partial charge in [-0.15, -0.1) is 0 Å². The predicted octanol–water partition coefficient (Wildman–Crippen LogP) is 4.59. The molecule has 0 heterocycles. The number of nitrogens with one attached hydrogen (secondary N) is 1. The van der Waals surface area contributed by atoms with Gasteiger partial charge in [0, 0.05) is 17.1 Å². The van der Waals surface area contributed by atoms with Crippen molar-refractivity contribution in [3.05, 3.63) is 22.7 Å². The summed E-state index contributed by atoms with van der Waals surface area (Å²) in [5.74, 6) is 2.25. The number of methoxy groups -OCH3 is 2. The monoisotopic (exact) mass is 311 g/mol. The topological polar surface area (TPSA) is 30.5 Å². The Morgan fingerprint density at radius 3 is 2.43 bits per heavy atom. The SMILES string of the molecule is CCCNC(CC1CCC1)c1cc(OC)c(OC)cc1Cl. The van der Waals surface area contributed by atoms with E-state index in [1.807, 2.05) is 12.1 Å². The lowest BCUT2D eigenvalue weighted by molar-refractivity contribution is 0.260. The number of rotatable bonds is 8. The third-order valence-electron chi connectivity index (χ3n) is 4.31. The Kier molecular flexibility index (Phi) is 6.19. The van der Waals surface area contributed by atoms with E-state index < -0.39 is 0 Å². The van der Waals surface area contributed by atoms with Crippen LogP contribution in [0.3, 0.4) is 0 Å². The fourth-order valence-electron chi connectivity index (χ4n) is 2.84. The van der Waals surface area contributed by atoms with Crippen molar-refractivity contribution in [3.8, 4) is 11.5 Å². The highest BCUT2D eigenvalue weighted by molar-refractivity contribution is 6.31. The first kappa shape index (κ1) is 16.4. The molecule has 1 N–H and O–H groups in total. The van der Waals surface area contributed by atoms with Gasteiger partial charge in [0.15, 0.2) is 11.5 Å². The maximum atomic E-state index is 6.48. The van der Waals surface area contributed by atoms with Crippen LogP contribution in [0.5, 0.6) is 11.5 Å². The zero-order valence-corrected chi connectivity index (χ0v) is 14.0. The molecule has 2 rings (SSSR count). The van der Waals surface area contributed by atoms with E-state index in [1.165, 1.54) is 19.3 Å². The summed E-state index contributed by atoms with van der Waals surface area (Å²) in [5, 5.41) is 4.38. The third-order valence-corrected chi connectivity index (χ3v) is 4.64. The number of hydrogen-bond acceptors (Lipinski definition) is 3. The molecule has 118 valence electrons.